The highest BCUT2D eigenvalue weighted by Gasteiger charge is 2.23. The summed E-state index contributed by atoms with van der Waals surface area (Å²) in [6.07, 6.45) is -0.0528. The minimum atomic E-state index is -0.447. The molecule has 0 aromatic heterocycles. The predicted octanol–water partition coefficient (Wildman–Crippen LogP) is 0.995. The van der Waals surface area contributed by atoms with Gasteiger partial charge in [0.15, 0.2) is 17.6 Å². The summed E-state index contributed by atoms with van der Waals surface area (Å²) in [7, 11) is 1.51. The van der Waals surface area contributed by atoms with Crippen molar-refractivity contribution in [2.24, 2.45) is 0 Å². The molecule has 6 heteroatoms. The van der Waals surface area contributed by atoms with Gasteiger partial charge >= 0.3 is 6.09 Å². The Morgan fingerprint density at radius 3 is 2.94 bits per heavy atom. The van der Waals surface area contributed by atoms with Gasteiger partial charge in [0.1, 0.15) is 12.9 Å². The third-order valence-corrected chi connectivity index (χ3v) is 2.50. The Morgan fingerprint density at radius 2 is 2.33 bits per heavy atom. The summed E-state index contributed by atoms with van der Waals surface area (Å²) in [5.41, 5.74) is 0.493. The molecule has 0 aliphatic carbocycles. The molecular formula is C12H13NO5. The van der Waals surface area contributed by atoms with Crippen molar-refractivity contribution >= 4 is 12.4 Å². The van der Waals surface area contributed by atoms with Crippen molar-refractivity contribution in [3.05, 3.63) is 23.8 Å². The van der Waals surface area contributed by atoms with Gasteiger partial charge in [-0.05, 0) is 18.2 Å². The number of ether oxygens (including phenoxy) is 3. The molecule has 1 fully saturated rings. The van der Waals surface area contributed by atoms with Gasteiger partial charge in [-0.2, -0.15) is 0 Å². The van der Waals surface area contributed by atoms with Crippen molar-refractivity contribution in [3.8, 4) is 11.5 Å². The van der Waals surface area contributed by atoms with Crippen molar-refractivity contribution in [3.63, 3.8) is 0 Å². The van der Waals surface area contributed by atoms with Gasteiger partial charge in [-0.25, -0.2) is 4.79 Å². The average molecular weight is 251 g/mol. The summed E-state index contributed by atoms with van der Waals surface area (Å²) in [4.78, 5) is 21.5. The molecule has 2 rings (SSSR count). The van der Waals surface area contributed by atoms with E-state index < -0.39 is 6.09 Å². The molecule has 1 aliphatic rings. The van der Waals surface area contributed by atoms with Gasteiger partial charge in [0.25, 0.3) is 0 Å². The maximum absolute atomic E-state index is 10.8. The summed E-state index contributed by atoms with van der Waals surface area (Å²) in [6, 6.07) is 4.86. The van der Waals surface area contributed by atoms with Crippen LogP contribution in [0, 0.1) is 0 Å². The Morgan fingerprint density at radius 1 is 1.50 bits per heavy atom. The molecule has 1 N–H and O–H groups in total. The molecule has 1 amide bonds. The molecule has 0 spiro atoms. The lowest BCUT2D eigenvalue weighted by molar-refractivity contribution is 0.103. The molecule has 6 nitrogen and oxygen atoms in total. The first-order valence-corrected chi connectivity index (χ1v) is 5.43. The fourth-order valence-corrected chi connectivity index (χ4v) is 1.59. The maximum Gasteiger partial charge on any atom is 0.407 e. The van der Waals surface area contributed by atoms with E-state index >= 15 is 0 Å². The molecule has 0 radical (unpaired) electrons. The van der Waals surface area contributed by atoms with Crippen LogP contribution in [0.3, 0.4) is 0 Å². The average Bonchev–Trinajstić information content (AvgIpc) is 2.81. The highest BCUT2D eigenvalue weighted by molar-refractivity contribution is 5.76. The van der Waals surface area contributed by atoms with Crippen LogP contribution in [0.15, 0.2) is 18.2 Å². The number of rotatable bonds is 5. The standard InChI is InChI=1S/C12H13NO5/c1-16-10-3-2-8(6-14)4-11(10)17-7-9-5-13-12(15)18-9/h2-4,6,9H,5,7H2,1H3,(H,13,15). The highest BCUT2D eigenvalue weighted by Crippen LogP contribution is 2.27. The number of nitrogens with one attached hydrogen (secondary N) is 1. The van der Waals surface area contributed by atoms with Crippen LogP contribution in [0.1, 0.15) is 10.4 Å². The van der Waals surface area contributed by atoms with Gasteiger partial charge < -0.3 is 19.5 Å². The molecule has 1 atom stereocenters. The van der Waals surface area contributed by atoms with E-state index in [0.29, 0.717) is 23.6 Å². The van der Waals surface area contributed by atoms with Gasteiger partial charge in [0, 0.05) is 5.56 Å². The Labute approximate surface area is 104 Å². The van der Waals surface area contributed by atoms with Crippen LogP contribution in [0.5, 0.6) is 11.5 Å². The largest absolute Gasteiger partial charge is 0.493 e. The zero-order chi connectivity index (χ0) is 13.0. The highest BCUT2D eigenvalue weighted by atomic mass is 16.6. The summed E-state index contributed by atoms with van der Waals surface area (Å²) < 4.78 is 15.5. The number of carbonyl (C=O) groups is 2. The van der Waals surface area contributed by atoms with E-state index in [1.54, 1.807) is 18.2 Å². The van der Waals surface area contributed by atoms with Crippen molar-refractivity contribution in [1.29, 1.82) is 0 Å². The lowest BCUT2D eigenvalue weighted by Crippen LogP contribution is -2.22. The van der Waals surface area contributed by atoms with Crippen LogP contribution in [-0.2, 0) is 4.74 Å². The molecule has 1 saturated heterocycles. The minimum absolute atomic E-state index is 0.206. The van der Waals surface area contributed by atoms with Crippen LogP contribution in [0.2, 0.25) is 0 Å². The molecule has 1 aliphatic heterocycles. The van der Waals surface area contributed by atoms with E-state index in [1.165, 1.54) is 7.11 Å². The summed E-state index contributed by atoms with van der Waals surface area (Å²) in [6.45, 7) is 0.617. The Bertz CT molecular complexity index is 460. The van der Waals surface area contributed by atoms with Crippen molar-refractivity contribution < 1.29 is 23.8 Å². The van der Waals surface area contributed by atoms with Crippen LogP contribution in [0.25, 0.3) is 0 Å². The Balaban J connectivity index is 2.02. The normalized spacial score (nSPS) is 17.8. The van der Waals surface area contributed by atoms with Crippen LogP contribution in [-0.4, -0.2) is 38.7 Å². The summed E-state index contributed by atoms with van der Waals surface area (Å²) in [5, 5.41) is 2.53. The van der Waals surface area contributed by atoms with Gasteiger partial charge in [-0.1, -0.05) is 0 Å². The van der Waals surface area contributed by atoms with Crippen LogP contribution in [0.4, 0.5) is 4.79 Å². The topological polar surface area (TPSA) is 73.9 Å². The molecule has 1 heterocycles. The summed E-state index contributed by atoms with van der Waals surface area (Å²) in [5.74, 6) is 0.975. The molecular weight excluding hydrogens is 238 g/mol. The van der Waals surface area contributed by atoms with E-state index in [1.807, 2.05) is 0 Å². The first-order valence-electron chi connectivity index (χ1n) is 5.43. The minimum Gasteiger partial charge on any atom is -0.493 e. The molecule has 1 unspecified atom stereocenters. The Kier molecular flexibility index (Phi) is 3.66. The number of methoxy groups -OCH3 is 1. The van der Waals surface area contributed by atoms with Gasteiger partial charge in [-0.3, -0.25) is 4.79 Å². The number of alkyl carbamates (subject to hydrolysis) is 1. The van der Waals surface area contributed by atoms with Crippen molar-refractivity contribution in [2.75, 3.05) is 20.3 Å². The smallest absolute Gasteiger partial charge is 0.407 e. The third kappa shape index (κ3) is 2.71. The number of amides is 1. The van der Waals surface area contributed by atoms with Crippen LogP contribution < -0.4 is 14.8 Å². The van der Waals surface area contributed by atoms with Crippen LogP contribution >= 0.6 is 0 Å². The lowest BCUT2D eigenvalue weighted by Gasteiger charge is -2.13. The van der Waals surface area contributed by atoms with Gasteiger partial charge in [0.2, 0.25) is 0 Å². The van der Waals surface area contributed by atoms with Crippen molar-refractivity contribution in [2.45, 2.75) is 6.10 Å². The number of carbonyl (C=O) groups excluding carboxylic acids is 2. The van der Waals surface area contributed by atoms with Crippen molar-refractivity contribution in [1.82, 2.24) is 5.32 Å². The number of hydrogen-bond acceptors (Lipinski definition) is 5. The predicted molar refractivity (Wildman–Crippen MR) is 62.1 cm³/mol. The number of benzene rings is 1. The van der Waals surface area contributed by atoms with E-state index in [4.69, 9.17) is 14.2 Å². The molecule has 0 saturated carbocycles. The molecule has 1 aromatic carbocycles. The quantitative estimate of drug-likeness (QED) is 0.790. The van der Waals surface area contributed by atoms with E-state index in [0.717, 1.165) is 6.29 Å². The Hall–Kier alpha value is -2.24. The number of aldehydes is 1. The molecule has 1 aromatic rings. The number of hydrogen-bond donors (Lipinski definition) is 1. The first-order chi connectivity index (χ1) is 8.72. The fraction of sp³-hybridized carbons (Fsp3) is 0.333. The molecule has 96 valence electrons. The number of cyclic esters (lactones) is 1. The molecule has 18 heavy (non-hydrogen) atoms. The molecule has 0 bridgehead atoms. The zero-order valence-electron chi connectivity index (χ0n) is 9.84. The lowest BCUT2D eigenvalue weighted by atomic mass is 10.2. The third-order valence-electron chi connectivity index (χ3n) is 2.50. The van der Waals surface area contributed by atoms with E-state index in [-0.39, 0.29) is 12.7 Å². The second-order valence-electron chi connectivity index (χ2n) is 3.75. The fourth-order valence-electron chi connectivity index (χ4n) is 1.59. The second kappa shape index (κ2) is 5.39. The second-order valence-corrected chi connectivity index (χ2v) is 3.75. The van der Waals surface area contributed by atoms with Gasteiger partial charge in [0.05, 0.1) is 13.7 Å². The van der Waals surface area contributed by atoms with E-state index in [2.05, 4.69) is 5.32 Å². The first kappa shape index (κ1) is 12.2. The summed E-state index contributed by atoms with van der Waals surface area (Å²) >= 11 is 0. The zero-order valence-corrected chi connectivity index (χ0v) is 9.84. The van der Waals surface area contributed by atoms with Gasteiger partial charge in [-0.15, -0.1) is 0 Å². The monoisotopic (exact) mass is 251 g/mol. The SMILES string of the molecule is COc1ccc(C=O)cc1OCC1CNC(=O)O1. The maximum atomic E-state index is 10.8. The van der Waals surface area contributed by atoms with E-state index in [9.17, 15) is 9.59 Å².